The van der Waals surface area contributed by atoms with Gasteiger partial charge in [-0.1, -0.05) is 0 Å². The highest BCUT2D eigenvalue weighted by atomic mass is 16.5. The second-order valence-electron chi connectivity index (χ2n) is 1.77. The molecular weight excluding hydrogens is 134 g/mol. The number of hydrogen-bond donors (Lipinski definition) is 1. The number of aliphatic hydroxyl groups is 1. The van der Waals surface area contributed by atoms with Crippen molar-refractivity contribution in [3.63, 3.8) is 0 Å². The van der Waals surface area contributed by atoms with Gasteiger partial charge in [0.1, 0.15) is 0 Å². The van der Waals surface area contributed by atoms with Crippen LogP contribution in [0.15, 0.2) is 0 Å². The summed E-state index contributed by atoms with van der Waals surface area (Å²) >= 11 is 0. The first-order valence-electron chi connectivity index (χ1n) is 3.20. The Balaban J connectivity index is 3.68. The van der Waals surface area contributed by atoms with E-state index >= 15 is 0 Å². The Hall–Kier alpha value is -0.770. The maximum Gasteiger partial charge on any atom is 0.409 e. The molecule has 0 spiro atoms. The highest BCUT2D eigenvalue weighted by Gasteiger charge is 2.08. The Morgan fingerprint density at radius 3 is 2.60 bits per heavy atom. The third-order valence-corrected chi connectivity index (χ3v) is 1.18. The van der Waals surface area contributed by atoms with E-state index in [9.17, 15) is 4.79 Å². The van der Waals surface area contributed by atoms with Crippen LogP contribution in [0.25, 0.3) is 0 Å². The normalized spacial score (nSPS) is 9.10. The zero-order valence-corrected chi connectivity index (χ0v) is 6.33. The fourth-order valence-electron chi connectivity index (χ4n) is 0.628. The van der Waals surface area contributed by atoms with Gasteiger partial charge in [-0.25, -0.2) is 4.79 Å². The van der Waals surface area contributed by atoms with Crippen molar-refractivity contribution in [1.82, 2.24) is 4.90 Å². The van der Waals surface area contributed by atoms with Gasteiger partial charge in [0.05, 0.1) is 13.7 Å². The number of carbonyl (C=O) groups excluding carboxylic acids is 1. The van der Waals surface area contributed by atoms with Gasteiger partial charge in [-0.15, -0.1) is 0 Å². The van der Waals surface area contributed by atoms with Crippen LogP contribution in [0.2, 0.25) is 0 Å². The molecule has 60 valence electrons. The van der Waals surface area contributed by atoms with E-state index in [1.165, 1.54) is 12.0 Å². The standard InChI is InChI=1S/C6H13NO3/c1-3-7(4-5-8)6(9)10-2/h8H,3-5H2,1-2H3. The van der Waals surface area contributed by atoms with Crippen molar-refractivity contribution in [3.05, 3.63) is 0 Å². The maximum atomic E-state index is 10.7. The number of likely N-dealkylation sites (N-methyl/N-ethyl adjacent to an activating group) is 1. The summed E-state index contributed by atoms with van der Waals surface area (Å²) in [6, 6.07) is 0. The topological polar surface area (TPSA) is 49.8 Å². The quantitative estimate of drug-likeness (QED) is 0.614. The summed E-state index contributed by atoms with van der Waals surface area (Å²) in [6.07, 6.45) is -0.392. The Morgan fingerprint density at radius 2 is 2.30 bits per heavy atom. The number of nitrogens with zero attached hydrogens (tertiary/aromatic N) is 1. The number of methoxy groups -OCH3 is 1. The molecule has 0 fully saturated rings. The van der Waals surface area contributed by atoms with E-state index in [2.05, 4.69) is 4.74 Å². The lowest BCUT2D eigenvalue weighted by atomic mass is 10.5. The van der Waals surface area contributed by atoms with Gasteiger partial charge in [0.15, 0.2) is 0 Å². The summed E-state index contributed by atoms with van der Waals surface area (Å²) in [4.78, 5) is 12.1. The van der Waals surface area contributed by atoms with Crippen LogP contribution in [0.1, 0.15) is 6.92 Å². The van der Waals surface area contributed by atoms with Gasteiger partial charge in [-0.2, -0.15) is 0 Å². The molecule has 0 aromatic carbocycles. The molecule has 0 heterocycles. The average molecular weight is 147 g/mol. The number of carbonyl (C=O) groups is 1. The zero-order chi connectivity index (χ0) is 7.98. The fourth-order valence-corrected chi connectivity index (χ4v) is 0.628. The molecule has 10 heavy (non-hydrogen) atoms. The number of rotatable bonds is 3. The molecule has 1 N–H and O–H groups in total. The van der Waals surface area contributed by atoms with Gasteiger partial charge in [0, 0.05) is 13.1 Å². The minimum absolute atomic E-state index is 0.0249. The van der Waals surface area contributed by atoms with E-state index in [4.69, 9.17) is 5.11 Å². The summed E-state index contributed by atoms with van der Waals surface area (Å²) in [5.74, 6) is 0. The smallest absolute Gasteiger partial charge is 0.409 e. The Labute approximate surface area is 60.4 Å². The molecule has 0 saturated carbocycles. The van der Waals surface area contributed by atoms with Gasteiger partial charge in [0.2, 0.25) is 0 Å². The third kappa shape index (κ3) is 2.68. The molecule has 0 aliphatic heterocycles. The molecule has 0 aromatic rings. The Morgan fingerprint density at radius 1 is 1.70 bits per heavy atom. The van der Waals surface area contributed by atoms with Crippen molar-refractivity contribution in [1.29, 1.82) is 0 Å². The van der Waals surface area contributed by atoms with Crippen molar-refractivity contribution in [2.45, 2.75) is 6.92 Å². The van der Waals surface area contributed by atoms with Gasteiger partial charge < -0.3 is 14.7 Å². The molecule has 1 amide bonds. The minimum Gasteiger partial charge on any atom is -0.453 e. The molecule has 4 nitrogen and oxygen atoms in total. The van der Waals surface area contributed by atoms with Crippen LogP contribution in [0.3, 0.4) is 0 Å². The fraction of sp³-hybridized carbons (Fsp3) is 0.833. The molecular formula is C6H13NO3. The summed E-state index contributed by atoms with van der Waals surface area (Å²) in [5.41, 5.74) is 0. The van der Waals surface area contributed by atoms with E-state index in [-0.39, 0.29) is 6.61 Å². The van der Waals surface area contributed by atoms with Crippen LogP contribution in [-0.4, -0.2) is 42.9 Å². The van der Waals surface area contributed by atoms with Crippen molar-refractivity contribution in [2.75, 3.05) is 26.8 Å². The van der Waals surface area contributed by atoms with Crippen LogP contribution in [0.5, 0.6) is 0 Å². The molecule has 0 aromatic heterocycles. The van der Waals surface area contributed by atoms with Crippen LogP contribution in [0.4, 0.5) is 4.79 Å². The number of hydrogen-bond acceptors (Lipinski definition) is 3. The van der Waals surface area contributed by atoms with Crippen LogP contribution in [0, 0.1) is 0 Å². The summed E-state index contributed by atoms with van der Waals surface area (Å²) in [6.45, 7) is 2.70. The molecule has 0 unspecified atom stereocenters. The predicted octanol–water partition coefficient (Wildman–Crippen LogP) is 0.0670. The van der Waals surface area contributed by atoms with Crippen molar-refractivity contribution >= 4 is 6.09 Å². The summed E-state index contributed by atoms with van der Waals surface area (Å²) < 4.78 is 4.43. The lowest BCUT2D eigenvalue weighted by molar-refractivity contribution is 0.115. The van der Waals surface area contributed by atoms with Gasteiger partial charge >= 0.3 is 6.09 Å². The number of amides is 1. The highest BCUT2D eigenvalue weighted by molar-refractivity contribution is 5.67. The zero-order valence-electron chi connectivity index (χ0n) is 6.33. The first kappa shape index (κ1) is 9.23. The number of aliphatic hydroxyl groups excluding tert-OH is 1. The second kappa shape index (κ2) is 5.05. The van der Waals surface area contributed by atoms with Gasteiger partial charge in [0.25, 0.3) is 0 Å². The molecule has 0 radical (unpaired) electrons. The molecule has 0 bridgehead atoms. The van der Waals surface area contributed by atoms with Crippen molar-refractivity contribution in [3.8, 4) is 0 Å². The van der Waals surface area contributed by atoms with E-state index in [1.54, 1.807) is 0 Å². The summed E-state index contributed by atoms with van der Waals surface area (Å²) in [7, 11) is 1.32. The molecule has 0 rings (SSSR count). The highest BCUT2D eigenvalue weighted by Crippen LogP contribution is 1.90. The van der Waals surface area contributed by atoms with E-state index in [0.29, 0.717) is 13.1 Å². The number of ether oxygens (including phenoxy) is 1. The van der Waals surface area contributed by atoms with E-state index in [1.807, 2.05) is 6.92 Å². The minimum atomic E-state index is -0.392. The van der Waals surface area contributed by atoms with Crippen molar-refractivity contribution in [2.24, 2.45) is 0 Å². The monoisotopic (exact) mass is 147 g/mol. The largest absolute Gasteiger partial charge is 0.453 e. The molecule has 0 saturated heterocycles. The van der Waals surface area contributed by atoms with Crippen LogP contribution in [-0.2, 0) is 4.74 Å². The molecule has 4 heteroatoms. The third-order valence-electron chi connectivity index (χ3n) is 1.18. The Bertz CT molecular complexity index is 105. The average Bonchev–Trinajstić information content (AvgIpc) is 1.99. The van der Waals surface area contributed by atoms with E-state index < -0.39 is 6.09 Å². The maximum absolute atomic E-state index is 10.7. The molecule has 0 atom stereocenters. The first-order chi connectivity index (χ1) is 4.76. The van der Waals surface area contributed by atoms with Gasteiger partial charge in [-0.05, 0) is 6.92 Å². The lowest BCUT2D eigenvalue weighted by Crippen LogP contribution is -2.33. The first-order valence-corrected chi connectivity index (χ1v) is 3.20. The van der Waals surface area contributed by atoms with Crippen molar-refractivity contribution < 1.29 is 14.6 Å². The van der Waals surface area contributed by atoms with Gasteiger partial charge in [-0.3, -0.25) is 0 Å². The summed E-state index contributed by atoms with van der Waals surface area (Å²) in [5, 5.41) is 8.46. The molecule has 0 aliphatic rings. The van der Waals surface area contributed by atoms with Crippen LogP contribution < -0.4 is 0 Å². The Kier molecular flexibility index (Phi) is 4.66. The lowest BCUT2D eigenvalue weighted by Gasteiger charge is -2.16. The van der Waals surface area contributed by atoms with E-state index in [0.717, 1.165) is 0 Å². The predicted molar refractivity (Wildman–Crippen MR) is 36.7 cm³/mol. The second-order valence-corrected chi connectivity index (χ2v) is 1.77. The SMILES string of the molecule is CCN(CCO)C(=O)OC. The van der Waals surface area contributed by atoms with Crippen LogP contribution >= 0.6 is 0 Å². The molecule has 0 aliphatic carbocycles.